The first-order chi connectivity index (χ1) is 26.6. The molecule has 0 fully saturated rings. The van der Waals surface area contributed by atoms with Crippen LogP contribution in [0.1, 0.15) is 213 Å². The molecule has 0 aromatic carbocycles. The van der Waals surface area contributed by atoms with E-state index in [0.29, 0.717) is 12.8 Å². The van der Waals surface area contributed by atoms with Crippen molar-refractivity contribution >= 4 is 25.7 Å². The number of phosphoric ester groups is 1. The largest absolute Gasteiger partial charge is 0.480 e. The first-order valence-electron chi connectivity index (χ1n) is 22.2. The van der Waals surface area contributed by atoms with Crippen molar-refractivity contribution in [3.63, 3.8) is 0 Å². The van der Waals surface area contributed by atoms with E-state index >= 15 is 0 Å². The second-order valence-corrected chi connectivity index (χ2v) is 16.6. The van der Waals surface area contributed by atoms with Crippen LogP contribution >= 0.6 is 7.82 Å². The van der Waals surface area contributed by atoms with Gasteiger partial charge in [0.05, 0.1) is 13.2 Å². The number of carbonyl (C=O) groups is 3. The van der Waals surface area contributed by atoms with E-state index in [-0.39, 0.29) is 19.4 Å². The monoisotopic (exact) mass is 804 g/mol. The maximum Gasteiger partial charge on any atom is 0.472 e. The summed E-state index contributed by atoms with van der Waals surface area (Å²) in [4.78, 5) is 45.9. The second-order valence-electron chi connectivity index (χ2n) is 15.2. The minimum Gasteiger partial charge on any atom is -0.480 e. The van der Waals surface area contributed by atoms with E-state index in [1.54, 1.807) is 0 Å². The Balaban J connectivity index is 4.32. The van der Waals surface area contributed by atoms with E-state index in [9.17, 15) is 23.8 Å². The minimum atomic E-state index is -4.71. The van der Waals surface area contributed by atoms with Gasteiger partial charge in [0.25, 0.3) is 0 Å². The van der Waals surface area contributed by atoms with Gasteiger partial charge in [-0.05, 0) is 38.5 Å². The highest BCUT2D eigenvalue weighted by Gasteiger charge is 2.28. The molecule has 0 aliphatic heterocycles. The molecule has 55 heavy (non-hydrogen) atoms. The Morgan fingerprint density at radius 3 is 1.35 bits per heavy atom. The van der Waals surface area contributed by atoms with E-state index in [2.05, 4.69) is 30.5 Å². The fourth-order valence-electron chi connectivity index (χ4n) is 6.24. The van der Waals surface area contributed by atoms with Gasteiger partial charge in [-0.15, -0.1) is 0 Å². The lowest BCUT2D eigenvalue weighted by molar-refractivity contribution is -0.161. The standard InChI is InChI=1S/C43H82NO10P/c1-3-5-7-9-11-13-15-17-19-20-21-23-25-27-29-31-33-35-42(46)54-39(37-52-55(49,50)53-38-40(44)43(47)48)36-51-41(45)34-32-30-28-26-24-22-18-16-14-12-10-8-6-4-2/h13,15,39-40H,3-12,14,16-38,44H2,1-2H3,(H,47,48)(H,49,50)/b15-13+/t39-,40+/m1/s1. The van der Waals surface area contributed by atoms with Gasteiger partial charge in [0, 0.05) is 12.8 Å². The number of carboxylic acid groups (broad SMARTS) is 1. The summed E-state index contributed by atoms with van der Waals surface area (Å²) in [5.74, 6) is -2.37. The fraction of sp³-hybridized carbons (Fsp3) is 0.884. The third-order valence-electron chi connectivity index (χ3n) is 9.76. The lowest BCUT2D eigenvalue weighted by Gasteiger charge is -2.20. The van der Waals surface area contributed by atoms with Crippen molar-refractivity contribution < 1.29 is 47.5 Å². The number of carboxylic acids is 1. The molecule has 0 rings (SSSR count). The van der Waals surface area contributed by atoms with Gasteiger partial charge in [0.1, 0.15) is 12.6 Å². The number of nitrogens with two attached hydrogens (primary N) is 1. The summed E-state index contributed by atoms with van der Waals surface area (Å²) < 4.78 is 32.7. The van der Waals surface area contributed by atoms with E-state index in [0.717, 1.165) is 38.5 Å². The molecule has 0 saturated heterocycles. The summed E-state index contributed by atoms with van der Waals surface area (Å²) in [6.45, 7) is 2.81. The number of ether oxygens (including phenoxy) is 2. The van der Waals surface area contributed by atoms with Gasteiger partial charge in [-0.25, -0.2) is 4.57 Å². The molecule has 0 aromatic rings. The van der Waals surface area contributed by atoms with Crippen molar-refractivity contribution in [2.75, 3.05) is 19.8 Å². The lowest BCUT2D eigenvalue weighted by Crippen LogP contribution is -2.34. The summed E-state index contributed by atoms with van der Waals surface area (Å²) in [5.41, 5.74) is 5.33. The van der Waals surface area contributed by atoms with Crippen LogP contribution in [0.15, 0.2) is 12.2 Å². The molecular formula is C43H82NO10P. The van der Waals surface area contributed by atoms with Gasteiger partial charge in [0.15, 0.2) is 6.10 Å². The summed E-state index contributed by atoms with van der Waals surface area (Å²) in [7, 11) is -4.71. The maximum absolute atomic E-state index is 12.6. The van der Waals surface area contributed by atoms with E-state index in [1.165, 1.54) is 135 Å². The molecular weight excluding hydrogens is 721 g/mol. The van der Waals surface area contributed by atoms with E-state index in [1.807, 2.05) is 0 Å². The summed E-state index contributed by atoms with van der Waals surface area (Å²) in [6, 6.07) is -1.52. The average molecular weight is 804 g/mol. The molecule has 0 aliphatic rings. The third kappa shape index (κ3) is 38.9. The molecule has 1 unspecified atom stereocenters. The topological polar surface area (TPSA) is 172 Å². The Kier molecular flexibility index (Phi) is 37.8. The normalized spacial score (nSPS) is 13.8. The van der Waals surface area contributed by atoms with Crippen molar-refractivity contribution in [1.82, 2.24) is 0 Å². The summed E-state index contributed by atoms with van der Waals surface area (Å²) in [5, 5.41) is 8.89. The molecule has 11 nitrogen and oxygen atoms in total. The van der Waals surface area contributed by atoms with Crippen molar-refractivity contribution in [1.29, 1.82) is 0 Å². The van der Waals surface area contributed by atoms with Crippen LogP contribution in [0.3, 0.4) is 0 Å². The molecule has 324 valence electrons. The van der Waals surface area contributed by atoms with Crippen LogP contribution in [0.2, 0.25) is 0 Å². The number of rotatable bonds is 42. The molecule has 0 amide bonds. The number of allylic oxidation sites excluding steroid dienone is 2. The van der Waals surface area contributed by atoms with Crippen molar-refractivity contribution in [2.45, 2.75) is 225 Å². The molecule has 12 heteroatoms. The van der Waals surface area contributed by atoms with Gasteiger partial charge in [-0.3, -0.25) is 23.4 Å². The third-order valence-corrected chi connectivity index (χ3v) is 10.7. The Morgan fingerprint density at radius 2 is 0.909 bits per heavy atom. The first-order valence-corrected chi connectivity index (χ1v) is 23.7. The Hall–Kier alpha value is -1.78. The zero-order chi connectivity index (χ0) is 40.7. The highest BCUT2D eigenvalue weighted by molar-refractivity contribution is 7.47. The molecule has 4 N–H and O–H groups in total. The molecule has 0 saturated carbocycles. The number of unbranched alkanes of at least 4 members (excludes halogenated alkanes) is 26. The van der Waals surface area contributed by atoms with Gasteiger partial charge in [-0.1, -0.05) is 174 Å². The number of hydrogen-bond donors (Lipinski definition) is 3. The maximum atomic E-state index is 12.6. The number of esters is 2. The van der Waals surface area contributed by atoms with Gasteiger partial charge >= 0.3 is 25.7 Å². The second kappa shape index (κ2) is 39.1. The first kappa shape index (κ1) is 53.2. The SMILES string of the molecule is CCCCCC/C=C/CCCCCCCCCCCC(=O)O[C@H](COC(=O)CCCCCCCCCCCCCCCC)COP(=O)(O)OC[C@H](N)C(=O)O. The van der Waals surface area contributed by atoms with Crippen LogP contribution in [-0.4, -0.2) is 59.9 Å². The lowest BCUT2D eigenvalue weighted by atomic mass is 10.0. The predicted molar refractivity (Wildman–Crippen MR) is 222 cm³/mol. The van der Waals surface area contributed by atoms with E-state index in [4.69, 9.17) is 24.8 Å². The zero-order valence-electron chi connectivity index (χ0n) is 35.0. The predicted octanol–water partition coefficient (Wildman–Crippen LogP) is 11.7. The number of hydrogen-bond acceptors (Lipinski definition) is 9. The van der Waals surface area contributed by atoms with E-state index < -0.39 is 51.1 Å². The fourth-order valence-corrected chi connectivity index (χ4v) is 7.02. The van der Waals surface area contributed by atoms with Crippen molar-refractivity contribution in [2.24, 2.45) is 5.73 Å². The number of carbonyl (C=O) groups excluding carboxylic acids is 2. The summed E-state index contributed by atoms with van der Waals surface area (Å²) >= 11 is 0. The highest BCUT2D eigenvalue weighted by atomic mass is 31.2. The number of phosphoric acid groups is 1. The van der Waals surface area contributed by atoms with Crippen LogP contribution in [0.4, 0.5) is 0 Å². The quantitative estimate of drug-likeness (QED) is 0.0232. The molecule has 0 spiro atoms. The van der Waals surface area contributed by atoms with Gasteiger partial charge in [0.2, 0.25) is 0 Å². The zero-order valence-corrected chi connectivity index (χ0v) is 35.9. The van der Waals surface area contributed by atoms with Crippen LogP contribution in [-0.2, 0) is 37.5 Å². The molecule has 0 bridgehead atoms. The Bertz CT molecular complexity index is 995. The smallest absolute Gasteiger partial charge is 0.472 e. The highest BCUT2D eigenvalue weighted by Crippen LogP contribution is 2.43. The molecule has 0 heterocycles. The molecule has 0 radical (unpaired) electrons. The van der Waals surface area contributed by atoms with Crippen LogP contribution in [0.25, 0.3) is 0 Å². The van der Waals surface area contributed by atoms with Crippen LogP contribution < -0.4 is 5.73 Å². The summed E-state index contributed by atoms with van der Waals surface area (Å²) in [6.07, 6.45) is 38.4. The van der Waals surface area contributed by atoms with Crippen molar-refractivity contribution in [3.05, 3.63) is 12.2 Å². The average Bonchev–Trinajstić information content (AvgIpc) is 3.16. The van der Waals surface area contributed by atoms with Crippen LogP contribution in [0, 0.1) is 0 Å². The Morgan fingerprint density at radius 1 is 0.545 bits per heavy atom. The molecule has 0 aliphatic carbocycles. The van der Waals surface area contributed by atoms with Gasteiger partial charge in [-0.2, -0.15) is 0 Å². The molecule has 3 atom stereocenters. The van der Waals surface area contributed by atoms with Crippen molar-refractivity contribution in [3.8, 4) is 0 Å². The van der Waals surface area contributed by atoms with Crippen LogP contribution in [0.5, 0.6) is 0 Å². The molecule has 0 aromatic heterocycles. The Labute approximate surface area is 335 Å². The minimum absolute atomic E-state index is 0.163. The number of aliphatic carboxylic acids is 1. The van der Waals surface area contributed by atoms with Gasteiger partial charge < -0.3 is 25.2 Å².